The molecule has 0 saturated carbocycles. The van der Waals surface area contributed by atoms with Gasteiger partial charge in [0, 0.05) is 6.04 Å². The van der Waals surface area contributed by atoms with E-state index in [1.807, 2.05) is 0 Å². The molecule has 1 heteroatoms. The third-order valence-electron chi connectivity index (χ3n) is 4.16. The van der Waals surface area contributed by atoms with Crippen LogP contribution in [0.4, 0.5) is 0 Å². The van der Waals surface area contributed by atoms with Crippen LogP contribution in [-0.2, 0) is 0 Å². The van der Waals surface area contributed by atoms with Crippen LogP contribution in [-0.4, -0.2) is 0 Å². The molecule has 0 aliphatic carbocycles. The van der Waals surface area contributed by atoms with Crippen LogP contribution in [0.3, 0.4) is 0 Å². The molecule has 2 N–H and O–H groups in total. The largest absolute Gasteiger partial charge is 0.324 e. The third kappa shape index (κ3) is 3.58. The summed E-state index contributed by atoms with van der Waals surface area (Å²) in [5.41, 5.74) is 13.3. The Morgan fingerprint density at radius 1 is 0.944 bits per heavy atom. The number of nitrogens with two attached hydrogens (primary N) is 1. The molecule has 1 aromatic carbocycles. The van der Waals surface area contributed by atoms with Crippen molar-refractivity contribution >= 4 is 0 Å². The van der Waals surface area contributed by atoms with Gasteiger partial charge in [-0.15, -0.1) is 0 Å². The summed E-state index contributed by atoms with van der Waals surface area (Å²) < 4.78 is 0. The Labute approximate surface area is 113 Å². The van der Waals surface area contributed by atoms with Crippen LogP contribution in [0.15, 0.2) is 6.07 Å². The quantitative estimate of drug-likeness (QED) is 0.712. The van der Waals surface area contributed by atoms with Crippen molar-refractivity contribution in [2.75, 3.05) is 0 Å². The molecule has 0 heterocycles. The van der Waals surface area contributed by atoms with E-state index in [9.17, 15) is 0 Å². The highest BCUT2D eigenvalue weighted by Gasteiger charge is 2.14. The normalized spacial score (nSPS) is 12.8. The number of aryl methyl sites for hydroxylation is 2. The molecule has 1 nitrogen and oxygen atoms in total. The summed E-state index contributed by atoms with van der Waals surface area (Å²) in [5.74, 6) is 0. The number of rotatable bonds is 6. The fraction of sp³-hybridized carbons (Fsp3) is 0.647. The Morgan fingerprint density at radius 3 is 2.00 bits per heavy atom. The van der Waals surface area contributed by atoms with Gasteiger partial charge in [0.25, 0.3) is 0 Å². The van der Waals surface area contributed by atoms with Crippen molar-refractivity contribution in [2.45, 2.75) is 72.8 Å². The van der Waals surface area contributed by atoms with Gasteiger partial charge in [0.1, 0.15) is 0 Å². The predicted octanol–water partition coefficient (Wildman–Crippen LogP) is 4.89. The Morgan fingerprint density at radius 2 is 1.50 bits per heavy atom. The van der Waals surface area contributed by atoms with E-state index in [-0.39, 0.29) is 6.04 Å². The van der Waals surface area contributed by atoms with Gasteiger partial charge in [0.15, 0.2) is 0 Å². The van der Waals surface area contributed by atoms with Crippen LogP contribution >= 0.6 is 0 Å². The molecule has 1 unspecified atom stereocenters. The van der Waals surface area contributed by atoms with E-state index in [0.717, 1.165) is 6.42 Å². The lowest BCUT2D eigenvalue weighted by atomic mass is 9.88. The average molecular weight is 247 g/mol. The minimum absolute atomic E-state index is 0.209. The summed E-state index contributed by atoms with van der Waals surface area (Å²) >= 11 is 0. The van der Waals surface area contributed by atoms with Crippen molar-refractivity contribution in [2.24, 2.45) is 5.73 Å². The van der Waals surface area contributed by atoms with E-state index in [4.69, 9.17) is 5.73 Å². The number of unbranched alkanes of at least 4 members (excludes halogenated alkanes) is 3. The minimum Gasteiger partial charge on any atom is -0.324 e. The van der Waals surface area contributed by atoms with Crippen molar-refractivity contribution in [3.05, 3.63) is 33.9 Å². The first-order valence-electron chi connectivity index (χ1n) is 7.31. The lowest BCUT2D eigenvalue weighted by molar-refractivity contribution is 0.562. The van der Waals surface area contributed by atoms with E-state index < -0.39 is 0 Å². The first-order valence-corrected chi connectivity index (χ1v) is 7.31. The lowest BCUT2D eigenvalue weighted by Gasteiger charge is -2.21. The molecule has 0 spiro atoms. The van der Waals surface area contributed by atoms with E-state index >= 15 is 0 Å². The molecule has 1 atom stereocenters. The second-order valence-electron chi connectivity index (χ2n) is 5.63. The van der Waals surface area contributed by atoms with Gasteiger partial charge in [-0.05, 0) is 61.9 Å². The molecule has 0 aliphatic heterocycles. The smallest absolute Gasteiger partial charge is 0.0300 e. The predicted molar refractivity (Wildman–Crippen MR) is 81.1 cm³/mol. The molecule has 0 aliphatic rings. The van der Waals surface area contributed by atoms with Gasteiger partial charge in [0.2, 0.25) is 0 Å². The maximum absolute atomic E-state index is 6.42. The Kier molecular flexibility index (Phi) is 5.87. The topological polar surface area (TPSA) is 26.0 Å². The van der Waals surface area contributed by atoms with Gasteiger partial charge < -0.3 is 5.73 Å². The van der Waals surface area contributed by atoms with E-state index in [0.29, 0.717) is 0 Å². The fourth-order valence-corrected chi connectivity index (χ4v) is 2.74. The van der Waals surface area contributed by atoms with Crippen molar-refractivity contribution in [1.82, 2.24) is 0 Å². The highest BCUT2D eigenvalue weighted by molar-refractivity contribution is 5.45. The summed E-state index contributed by atoms with van der Waals surface area (Å²) in [6, 6.07) is 2.48. The highest BCUT2D eigenvalue weighted by Crippen LogP contribution is 2.28. The Balaban J connectivity index is 2.81. The molecule has 0 saturated heterocycles. The molecule has 1 aromatic rings. The van der Waals surface area contributed by atoms with Gasteiger partial charge >= 0.3 is 0 Å². The van der Waals surface area contributed by atoms with Crippen LogP contribution in [0.1, 0.15) is 72.9 Å². The average Bonchev–Trinajstić information content (AvgIpc) is 2.32. The van der Waals surface area contributed by atoms with Crippen molar-refractivity contribution in [3.63, 3.8) is 0 Å². The summed E-state index contributed by atoms with van der Waals surface area (Å²) in [5, 5.41) is 0. The number of hydrogen-bond acceptors (Lipinski definition) is 1. The summed E-state index contributed by atoms with van der Waals surface area (Å²) in [4.78, 5) is 0. The molecule has 1 rings (SSSR count). The molecule has 0 aromatic heterocycles. The summed E-state index contributed by atoms with van der Waals surface area (Å²) in [6.07, 6.45) is 6.30. The second kappa shape index (κ2) is 6.94. The number of hydrogen-bond donors (Lipinski definition) is 1. The van der Waals surface area contributed by atoms with E-state index in [2.05, 4.69) is 40.7 Å². The third-order valence-corrected chi connectivity index (χ3v) is 4.16. The molecular weight excluding hydrogens is 218 g/mol. The second-order valence-corrected chi connectivity index (χ2v) is 5.63. The molecule has 102 valence electrons. The fourth-order valence-electron chi connectivity index (χ4n) is 2.74. The van der Waals surface area contributed by atoms with Crippen molar-refractivity contribution in [3.8, 4) is 0 Å². The lowest BCUT2D eigenvalue weighted by Crippen LogP contribution is -2.15. The van der Waals surface area contributed by atoms with Crippen LogP contribution < -0.4 is 5.73 Å². The van der Waals surface area contributed by atoms with Gasteiger partial charge in [-0.25, -0.2) is 0 Å². The minimum atomic E-state index is 0.209. The molecule has 0 amide bonds. The molecular formula is C17H29N. The van der Waals surface area contributed by atoms with E-state index in [1.54, 1.807) is 0 Å². The van der Waals surface area contributed by atoms with Crippen LogP contribution in [0.2, 0.25) is 0 Å². The van der Waals surface area contributed by atoms with Gasteiger partial charge in [-0.1, -0.05) is 38.7 Å². The Bertz CT molecular complexity index is 367. The zero-order valence-corrected chi connectivity index (χ0v) is 12.8. The standard InChI is InChI=1S/C17H29N/c1-6-7-8-9-10-16(18)17-14(4)12(2)11-13(3)15(17)5/h11,16H,6-10,18H2,1-5H3. The highest BCUT2D eigenvalue weighted by atomic mass is 14.6. The summed E-state index contributed by atoms with van der Waals surface area (Å²) in [7, 11) is 0. The molecule has 0 radical (unpaired) electrons. The zero-order valence-electron chi connectivity index (χ0n) is 12.8. The molecule has 0 fully saturated rings. The zero-order chi connectivity index (χ0) is 13.7. The summed E-state index contributed by atoms with van der Waals surface area (Å²) in [6.45, 7) is 11.0. The first-order chi connectivity index (χ1) is 8.49. The monoisotopic (exact) mass is 247 g/mol. The van der Waals surface area contributed by atoms with Gasteiger partial charge in [0.05, 0.1) is 0 Å². The van der Waals surface area contributed by atoms with Crippen LogP contribution in [0.25, 0.3) is 0 Å². The van der Waals surface area contributed by atoms with Crippen molar-refractivity contribution < 1.29 is 0 Å². The maximum Gasteiger partial charge on any atom is 0.0300 e. The SMILES string of the molecule is CCCCCCC(N)c1c(C)c(C)cc(C)c1C. The van der Waals surface area contributed by atoms with Crippen LogP contribution in [0.5, 0.6) is 0 Å². The first kappa shape index (κ1) is 15.2. The van der Waals surface area contributed by atoms with Crippen LogP contribution in [0, 0.1) is 27.7 Å². The van der Waals surface area contributed by atoms with Gasteiger partial charge in [-0.2, -0.15) is 0 Å². The number of benzene rings is 1. The van der Waals surface area contributed by atoms with E-state index in [1.165, 1.54) is 53.5 Å². The maximum atomic E-state index is 6.42. The Hall–Kier alpha value is -0.820. The molecule has 18 heavy (non-hydrogen) atoms. The van der Waals surface area contributed by atoms with Crippen molar-refractivity contribution in [1.29, 1.82) is 0 Å². The molecule has 0 bridgehead atoms. The van der Waals surface area contributed by atoms with Gasteiger partial charge in [-0.3, -0.25) is 0 Å².